The van der Waals surface area contributed by atoms with Crippen molar-refractivity contribution >= 4 is 0 Å². The van der Waals surface area contributed by atoms with Crippen LogP contribution in [0.2, 0.25) is 0 Å². The third-order valence-electron chi connectivity index (χ3n) is 3.13. The molecule has 0 spiro atoms. The van der Waals surface area contributed by atoms with Crippen LogP contribution in [0.4, 0.5) is 0 Å². The molecule has 1 saturated carbocycles. The van der Waals surface area contributed by atoms with Gasteiger partial charge < -0.3 is 9.59 Å². The molecule has 0 aromatic carbocycles. The highest BCUT2D eigenvalue weighted by Gasteiger charge is 2.41. The summed E-state index contributed by atoms with van der Waals surface area (Å²) in [5.74, 6) is 0. The molecule has 0 saturated heterocycles. The number of rotatable bonds is 5. The average molecular weight is 158 g/mol. The molecule has 0 aromatic heterocycles. The number of nitrogens with zero attached hydrogens (tertiary/aromatic N) is 1. The lowest BCUT2D eigenvalue weighted by molar-refractivity contribution is -0.935. The summed E-state index contributed by atoms with van der Waals surface area (Å²) in [6.07, 6.45) is 2.75. The first-order valence-corrected chi connectivity index (χ1v) is 4.75. The molecule has 1 rings (SSSR count). The molecule has 0 radical (unpaired) electrons. The number of likely N-dealkylation sites (N-methyl/N-ethyl adjacent to an activating group) is 1. The van der Waals surface area contributed by atoms with E-state index in [-0.39, 0.29) is 0 Å². The first kappa shape index (κ1) is 9.01. The molecule has 0 aromatic rings. The SMILES string of the molecule is CC[N+](CC)(CCO)C1CC1. The zero-order chi connectivity index (χ0) is 8.32. The van der Waals surface area contributed by atoms with Gasteiger partial charge in [0.15, 0.2) is 0 Å². The lowest BCUT2D eigenvalue weighted by Crippen LogP contribution is -2.51. The van der Waals surface area contributed by atoms with Crippen molar-refractivity contribution < 1.29 is 9.59 Å². The molecule has 1 fully saturated rings. The fourth-order valence-corrected chi connectivity index (χ4v) is 2.06. The van der Waals surface area contributed by atoms with E-state index in [4.69, 9.17) is 5.11 Å². The van der Waals surface area contributed by atoms with Crippen molar-refractivity contribution in [3.8, 4) is 0 Å². The summed E-state index contributed by atoms with van der Waals surface area (Å²) in [7, 11) is 0. The molecule has 1 N–H and O–H groups in total. The van der Waals surface area contributed by atoms with Gasteiger partial charge in [-0.1, -0.05) is 0 Å². The Morgan fingerprint density at radius 3 is 2.09 bits per heavy atom. The van der Waals surface area contributed by atoms with Crippen LogP contribution >= 0.6 is 0 Å². The quantitative estimate of drug-likeness (QED) is 0.592. The monoisotopic (exact) mass is 158 g/mol. The Labute approximate surface area is 69.4 Å². The van der Waals surface area contributed by atoms with E-state index in [1.54, 1.807) is 0 Å². The first-order chi connectivity index (χ1) is 5.29. The third kappa shape index (κ3) is 1.74. The van der Waals surface area contributed by atoms with Crippen LogP contribution in [0.5, 0.6) is 0 Å². The number of aliphatic hydroxyl groups excluding tert-OH is 1. The molecule has 11 heavy (non-hydrogen) atoms. The zero-order valence-corrected chi connectivity index (χ0v) is 7.71. The maximum Gasteiger partial charge on any atom is 0.102 e. The van der Waals surface area contributed by atoms with E-state index >= 15 is 0 Å². The predicted molar refractivity (Wildman–Crippen MR) is 46.3 cm³/mol. The van der Waals surface area contributed by atoms with Crippen molar-refractivity contribution in [1.82, 2.24) is 0 Å². The molecule has 0 bridgehead atoms. The van der Waals surface area contributed by atoms with Crippen LogP contribution in [-0.4, -0.2) is 41.9 Å². The van der Waals surface area contributed by atoms with Gasteiger partial charge in [-0.15, -0.1) is 0 Å². The summed E-state index contributed by atoms with van der Waals surface area (Å²) in [5, 5.41) is 8.93. The van der Waals surface area contributed by atoms with Gasteiger partial charge in [0, 0.05) is 12.8 Å². The molecular weight excluding hydrogens is 138 g/mol. The van der Waals surface area contributed by atoms with Crippen molar-refractivity contribution in [2.45, 2.75) is 32.7 Å². The average Bonchev–Trinajstić information content (AvgIpc) is 2.83. The maximum absolute atomic E-state index is 8.93. The Bertz CT molecular complexity index is 117. The van der Waals surface area contributed by atoms with Crippen LogP contribution in [0.1, 0.15) is 26.7 Å². The van der Waals surface area contributed by atoms with Gasteiger partial charge in [-0.05, 0) is 13.8 Å². The minimum atomic E-state index is 0.345. The normalized spacial score (nSPS) is 18.8. The zero-order valence-electron chi connectivity index (χ0n) is 7.71. The molecule has 0 aliphatic heterocycles. The second kappa shape index (κ2) is 3.55. The molecule has 0 unspecified atom stereocenters. The van der Waals surface area contributed by atoms with E-state index in [0.717, 1.165) is 17.1 Å². The minimum absolute atomic E-state index is 0.345. The molecule has 2 heteroatoms. The van der Waals surface area contributed by atoms with Gasteiger partial charge in [0.1, 0.15) is 6.54 Å². The summed E-state index contributed by atoms with van der Waals surface area (Å²) in [6.45, 7) is 8.13. The lowest BCUT2D eigenvalue weighted by Gasteiger charge is -2.36. The minimum Gasteiger partial charge on any atom is -0.391 e. The molecule has 0 atom stereocenters. The standard InChI is InChI=1S/C9H20NO/c1-3-10(4-2,7-8-11)9-5-6-9/h9,11H,3-8H2,1-2H3/q+1. The number of aliphatic hydroxyl groups is 1. The Hall–Kier alpha value is -0.0800. The number of hydrogen-bond acceptors (Lipinski definition) is 1. The highest BCUT2D eigenvalue weighted by atomic mass is 16.3. The topological polar surface area (TPSA) is 20.2 Å². The second-order valence-corrected chi connectivity index (χ2v) is 3.53. The van der Waals surface area contributed by atoms with Gasteiger partial charge in [-0.2, -0.15) is 0 Å². The van der Waals surface area contributed by atoms with Crippen molar-refractivity contribution in [3.63, 3.8) is 0 Å². The molecular formula is C9H20NO+. The van der Waals surface area contributed by atoms with Gasteiger partial charge in [-0.3, -0.25) is 0 Å². The van der Waals surface area contributed by atoms with Crippen LogP contribution in [0.3, 0.4) is 0 Å². The smallest absolute Gasteiger partial charge is 0.102 e. The maximum atomic E-state index is 8.93. The summed E-state index contributed by atoms with van der Waals surface area (Å²) in [5.41, 5.74) is 0. The van der Waals surface area contributed by atoms with Crippen molar-refractivity contribution in [2.75, 3.05) is 26.2 Å². The molecule has 0 heterocycles. The van der Waals surface area contributed by atoms with Gasteiger partial charge in [0.2, 0.25) is 0 Å². The highest BCUT2D eigenvalue weighted by molar-refractivity contribution is 4.75. The Kier molecular flexibility index (Phi) is 2.90. The molecule has 66 valence electrons. The fraction of sp³-hybridized carbons (Fsp3) is 1.00. The van der Waals surface area contributed by atoms with E-state index in [9.17, 15) is 0 Å². The van der Waals surface area contributed by atoms with Crippen LogP contribution in [-0.2, 0) is 0 Å². The van der Waals surface area contributed by atoms with E-state index in [1.165, 1.54) is 25.9 Å². The Morgan fingerprint density at radius 2 is 1.82 bits per heavy atom. The second-order valence-electron chi connectivity index (χ2n) is 3.53. The third-order valence-corrected chi connectivity index (χ3v) is 3.13. The van der Waals surface area contributed by atoms with Crippen molar-refractivity contribution in [1.29, 1.82) is 0 Å². The van der Waals surface area contributed by atoms with Crippen LogP contribution in [0.15, 0.2) is 0 Å². The van der Waals surface area contributed by atoms with E-state index < -0.39 is 0 Å². The van der Waals surface area contributed by atoms with Gasteiger partial charge in [-0.25, -0.2) is 0 Å². The molecule has 0 amide bonds. The van der Waals surface area contributed by atoms with Crippen LogP contribution in [0.25, 0.3) is 0 Å². The van der Waals surface area contributed by atoms with Gasteiger partial charge in [0.25, 0.3) is 0 Å². The van der Waals surface area contributed by atoms with E-state index in [0.29, 0.717) is 6.61 Å². The van der Waals surface area contributed by atoms with Crippen LogP contribution < -0.4 is 0 Å². The molecule has 1 aliphatic carbocycles. The van der Waals surface area contributed by atoms with E-state index in [2.05, 4.69) is 13.8 Å². The van der Waals surface area contributed by atoms with Gasteiger partial charge >= 0.3 is 0 Å². The predicted octanol–water partition coefficient (Wildman–Crippen LogP) is 0.998. The van der Waals surface area contributed by atoms with Crippen molar-refractivity contribution in [2.24, 2.45) is 0 Å². The van der Waals surface area contributed by atoms with Gasteiger partial charge in [0.05, 0.1) is 25.7 Å². The largest absolute Gasteiger partial charge is 0.391 e. The highest BCUT2D eigenvalue weighted by Crippen LogP contribution is 2.33. The summed E-state index contributed by atoms with van der Waals surface area (Å²) < 4.78 is 1.15. The Morgan fingerprint density at radius 1 is 1.27 bits per heavy atom. The van der Waals surface area contributed by atoms with Crippen molar-refractivity contribution in [3.05, 3.63) is 0 Å². The Balaban J connectivity index is 2.50. The lowest BCUT2D eigenvalue weighted by atomic mass is 10.3. The summed E-state index contributed by atoms with van der Waals surface area (Å²) >= 11 is 0. The number of quaternary nitrogens is 1. The fourth-order valence-electron chi connectivity index (χ4n) is 2.06. The first-order valence-electron chi connectivity index (χ1n) is 4.75. The van der Waals surface area contributed by atoms with Crippen LogP contribution in [0, 0.1) is 0 Å². The molecule has 1 aliphatic rings. The summed E-state index contributed by atoms with van der Waals surface area (Å²) in [6, 6.07) is 0.872. The summed E-state index contributed by atoms with van der Waals surface area (Å²) in [4.78, 5) is 0. The molecule has 2 nitrogen and oxygen atoms in total. The number of hydrogen-bond donors (Lipinski definition) is 1. The van der Waals surface area contributed by atoms with E-state index in [1.807, 2.05) is 0 Å².